The van der Waals surface area contributed by atoms with Crippen molar-refractivity contribution in [2.24, 2.45) is 0 Å². The third kappa shape index (κ3) is 2.48. The van der Waals surface area contributed by atoms with E-state index in [4.69, 9.17) is 10.7 Å². The Balaban J connectivity index is 0.00000121. The van der Waals surface area contributed by atoms with E-state index in [1.807, 2.05) is 0 Å². The first kappa shape index (κ1) is 11.4. The van der Waals surface area contributed by atoms with Gasteiger partial charge in [0.2, 0.25) is 0 Å². The molecule has 0 unspecified atom stereocenters. The smallest absolute Gasteiger partial charge is 0.207 e. The normalized spacial score (nSPS) is 10.5. The molecule has 1 aromatic carbocycles. The van der Waals surface area contributed by atoms with Crippen molar-refractivity contribution in [2.45, 2.75) is 11.8 Å². The van der Waals surface area contributed by atoms with Crippen LogP contribution in [0.4, 0.5) is 0 Å². The van der Waals surface area contributed by atoms with Crippen LogP contribution in [0.15, 0.2) is 29.2 Å². The number of rotatable bonds is 1. The zero-order chi connectivity index (χ0) is 8.48. The largest absolute Gasteiger partial charge is 0.261 e. The second-order valence-electron chi connectivity index (χ2n) is 2.20. The van der Waals surface area contributed by atoms with Crippen molar-refractivity contribution in [3.63, 3.8) is 0 Å². The Labute approximate surface area is 76.4 Å². The molecule has 0 bridgehead atoms. The average molecular weight is 205 g/mol. The molecule has 0 aromatic heterocycles. The summed E-state index contributed by atoms with van der Waals surface area (Å²) in [6, 6.07) is 6.59. The van der Waals surface area contributed by atoms with E-state index in [-0.39, 0.29) is 11.0 Å². The van der Waals surface area contributed by atoms with E-state index in [0.717, 1.165) is 0 Å². The quantitative estimate of drug-likeness (QED) is 0.650. The summed E-state index contributed by atoms with van der Waals surface area (Å²) in [7, 11) is 1.57. The lowest BCUT2D eigenvalue weighted by atomic mass is 10.2. The minimum absolute atomic E-state index is 0. The van der Waals surface area contributed by atoms with Gasteiger partial charge in [-0.2, -0.15) is 0 Å². The van der Waals surface area contributed by atoms with Gasteiger partial charge in [0.25, 0.3) is 9.05 Å². The van der Waals surface area contributed by atoms with Crippen molar-refractivity contribution in [3.8, 4) is 0 Å². The summed E-state index contributed by atoms with van der Waals surface area (Å²) in [6.45, 7) is 1.70. The number of halogens is 1. The topological polar surface area (TPSA) is 64.6 Å². The van der Waals surface area contributed by atoms with Crippen molar-refractivity contribution in [2.75, 3.05) is 0 Å². The maximum absolute atomic E-state index is 10.8. The van der Waals surface area contributed by atoms with Gasteiger partial charge in [0.15, 0.2) is 0 Å². The minimum atomic E-state index is -3.56. The highest BCUT2D eigenvalue weighted by Crippen LogP contribution is 2.17. The maximum Gasteiger partial charge on any atom is 0.261 e. The fourth-order valence-corrected chi connectivity index (χ4v) is 2.04. The molecule has 0 fully saturated rings. The van der Waals surface area contributed by atoms with E-state index in [1.54, 1.807) is 25.1 Å². The van der Waals surface area contributed by atoms with Crippen LogP contribution >= 0.6 is 10.7 Å². The van der Waals surface area contributed by atoms with Crippen LogP contribution in [0.25, 0.3) is 0 Å². The summed E-state index contributed by atoms with van der Waals surface area (Å²) in [6.07, 6.45) is 0. The second-order valence-corrected chi connectivity index (χ2v) is 4.74. The number of hydrogen-bond donors (Lipinski definition) is 0. The Kier molecular flexibility index (Phi) is 3.70. The number of hydrogen-bond acceptors (Lipinski definition) is 2. The van der Waals surface area contributed by atoms with E-state index < -0.39 is 9.05 Å². The zero-order valence-electron chi connectivity index (χ0n) is 6.36. The van der Waals surface area contributed by atoms with Crippen LogP contribution in [-0.2, 0) is 9.05 Å². The third-order valence-corrected chi connectivity index (χ3v) is 2.84. The Morgan fingerprint density at radius 1 is 1.25 bits per heavy atom. The van der Waals surface area contributed by atoms with Crippen molar-refractivity contribution < 1.29 is 8.42 Å². The third-order valence-electron chi connectivity index (χ3n) is 1.36. The van der Waals surface area contributed by atoms with Gasteiger partial charge in [0, 0.05) is 16.8 Å². The van der Waals surface area contributed by atoms with Crippen LogP contribution in [-0.4, -0.2) is 8.42 Å². The molecule has 1 aromatic rings. The Morgan fingerprint density at radius 2 is 1.75 bits per heavy atom. The second kappa shape index (κ2) is 3.89. The summed E-state index contributed by atoms with van der Waals surface area (Å²) in [5.41, 5.74) is 0.669. The fraction of sp³-hybridized carbons (Fsp3) is 0.143. The molecule has 65 valence electrons. The molecule has 0 saturated heterocycles. The average Bonchev–Trinajstić information content (AvgIpc) is 1.86. The van der Waals surface area contributed by atoms with Gasteiger partial charge < -0.3 is 0 Å². The molecule has 0 amide bonds. The van der Waals surface area contributed by atoms with E-state index in [0.29, 0.717) is 5.56 Å². The summed E-state index contributed by atoms with van der Waals surface area (Å²) in [4.78, 5) is 0.182. The lowest BCUT2D eigenvalue weighted by molar-refractivity contribution is 0.609. The molecule has 3 radical (unpaired) electrons. The maximum atomic E-state index is 10.8. The van der Waals surface area contributed by atoms with Gasteiger partial charge in [0.1, 0.15) is 0 Å². The van der Waals surface area contributed by atoms with Crippen molar-refractivity contribution in [1.29, 1.82) is 0 Å². The van der Waals surface area contributed by atoms with Gasteiger partial charge in [-0.15, -0.1) is 0 Å². The summed E-state index contributed by atoms with van der Waals surface area (Å²) in [5.74, 6) is 0. The zero-order valence-corrected chi connectivity index (χ0v) is 7.93. The fourth-order valence-electron chi connectivity index (χ4n) is 0.830. The predicted molar refractivity (Wildman–Crippen MR) is 46.4 cm³/mol. The number of nitrogens with zero attached hydrogens (tertiary/aromatic N) is 1. The van der Waals surface area contributed by atoms with Crippen LogP contribution in [0.5, 0.6) is 0 Å². The Bertz CT molecular complexity index is 361. The van der Waals surface area contributed by atoms with E-state index in [2.05, 4.69) is 0 Å². The lowest BCUT2D eigenvalue weighted by Gasteiger charge is -1.98. The minimum Gasteiger partial charge on any atom is -0.207 e. The molecule has 0 saturated carbocycles. The molecular formula is C7H7ClNO2S. The van der Waals surface area contributed by atoms with Crippen LogP contribution in [0.3, 0.4) is 0 Å². The highest BCUT2D eigenvalue weighted by molar-refractivity contribution is 8.13. The van der Waals surface area contributed by atoms with Crippen molar-refractivity contribution in [1.82, 2.24) is 6.15 Å². The van der Waals surface area contributed by atoms with Gasteiger partial charge in [-0.25, -0.2) is 8.42 Å². The molecule has 12 heavy (non-hydrogen) atoms. The molecule has 5 heteroatoms. The highest BCUT2D eigenvalue weighted by Gasteiger charge is 2.10. The van der Waals surface area contributed by atoms with Crippen LogP contribution in [0, 0.1) is 6.92 Å². The SMILES string of the molecule is Cc1ccccc1S(=O)(=O)Cl.[N]. The van der Waals surface area contributed by atoms with E-state index >= 15 is 0 Å². The monoisotopic (exact) mass is 204 g/mol. The van der Waals surface area contributed by atoms with Gasteiger partial charge in [-0.3, -0.25) is 0 Å². The van der Waals surface area contributed by atoms with Gasteiger partial charge in [0.05, 0.1) is 4.90 Å². The van der Waals surface area contributed by atoms with Crippen LogP contribution in [0.1, 0.15) is 5.56 Å². The van der Waals surface area contributed by atoms with E-state index in [1.165, 1.54) is 6.07 Å². The molecule has 0 atom stereocenters. The first-order valence-corrected chi connectivity index (χ1v) is 5.33. The molecule has 0 N–H and O–H groups in total. The van der Waals surface area contributed by atoms with Crippen molar-refractivity contribution in [3.05, 3.63) is 29.8 Å². The van der Waals surface area contributed by atoms with E-state index in [9.17, 15) is 8.42 Å². The molecular weight excluding hydrogens is 198 g/mol. The first-order valence-electron chi connectivity index (χ1n) is 3.02. The van der Waals surface area contributed by atoms with Crippen molar-refractivity contribution >= 4 is 19.7 Å². The van der Waals surface area contributed by atoms with Crippen LogP contribution in [0.2, 0.25) is 0 Å². The standard InChI is InChI=1S/C7H7ClO2S.N/c1-6-4-2-3-5-7(6)11(8,9)10;/h2-5H,1H3;. The molecule has 0 spiro atoms. The first-order chi connectivity index (χ1) is 5.02. The molecule has 0 aliphatic heterocycles. The van der Waals surface area contributed by atoms with Gasteiger partial charge in [-0.1, -0.05) is 18.2 Å². The molecule has 1 rings (SSSR count). The molecule has 3 nitrogen and oxygen atoms in total. The summed E-state index contributed by atoms with van der Waals surface area (Å²) >= 11 is 0. The lowest BCUT2D eigenvalue weighted by Crippen LogP contribution is -1.92. The number of benzene rings is 1. The van der Waals surface area contributed by atoms with Gasteiger partial charge >= 0.3 is 0 Å². The predicted octanol–water partition coefficient (Wildman–Crippen LogP) is 1.44. The number of aryl methyl sites for hydroxylation is 1. The Hall–Kier alpha value is -0.580. The Morgan fingerprint density at radius 3 is 2.08 bits per heavy atom. The molecule has 0 aliphatic carbocycles. The highest BCUT2D eigenvalue weighted by atomic mass is 35.7. The molecule has 0 heterocycles. The molecule has 0 aliphatic rings. The van der Waals surface area contributed by atoms with Crippen LogP contribution < -0.4 is 6.15 Å². The van der Waals surface area contributed by atoms with Gasteiger partial charge in [-0.05, 0) is 18.6 Å². The summed E-state index contributed by atoms with van der Waals surface area (Å²) < 4.78 is 21.6. The summed E-state index contributed by atoms with van der Waals surface area (Å²) in [5, 5.41) is 0.